The molecule has 1 aromatic heterocycles. The van der Waals surface area contributed by atoms with E-state index >= 15 is 0 Å². The molecule has 3 aromatic rings. The Kier molecular flexibility index (Phi) is 4.82. The minimum Gasteiger partial charge on any atom is -0.352 e. The molecule has 0 radical (unpaired) electrons. The molecule has 1 aliphatic heterocycles. The summed E-state index contributed by atoms with van der Waals surface area (Å²) in [6.07, 6.45) is 5.68. The number of hydrogen-bond donors (Lipinski definition) is 1. The summed E-state index contributed by atoms with van der Waals surface area (Å²) in [4.78, 5) is 16.8. The number of aromatic nitrogens is 2. The van der Waals surface area contributed by atoms with E-state index in [1.54, 1.807) is 0 Å². The highest BCUT2D eigenvalue weighted by Crippen LogP contribution is 2.23. The molecule has 132 valence electrons. The Balaban J connectivity index is 1.34. The molecule has 1 aliphatic rings. The van der Waals surface area contributed by atoms with Gasteiger partial charge in [-0.05, 0) is 30.0 Å². The molecule has 1 amide bonds. The number of imidazole rings is 1. The summed E-state index contributed by atoms with van der Waals surface area (Å²) in [5.74, 6) is 1.26. The molecule has 4 heteroatoms. The van der Waals surface area contributed by atoms with E-state index in [4.69, 9.17) is 4.98 Å². The second-order valence-corrected chi connectivity index (χ2v) is 6.80. The first kappa shape index (κ1) is 16.6. The molecule has 0 spiro atoms. The fourth-order valence-electron chi connectivity index (χ4n) is 3.43. The molecule has 2 heterocycles. The Labute approximate surface area is 153 Å². The number of nitrogens with one attached hydrogen (secondary N) is 1. The van der Waals surface area contributed by atoms with Crippen molar-refractivity contribution in [2.45, 2.75) is 38.8 Å². The van der Waals surface area contributed by atoms with Crippen molar-refractivity contribution in [3.05, 3.63) is 77.7 Å². The number of nitrogens with zero attached hydrogens (tertiary/aromatic N) is 2. The van der Waals surface area contributed by atoms with Crippen molar-refractivity contribution in [2.75, 3.05) is 0 Å². The molecule has 0 atom stereocenters. The molecule has 0 saturated carbocycles. The molecule has 0 unspecified atom stereocenters. The van der Waals surface area contributed by atoms with Crippen LogP contribution in [0.3, 0.4) is 0 Å². The maximum absolute atomic E-state index is 12.1. The van der Waals surface area contributed by atoms with Gasteiger partial charge in [-0.1, -0.05) is 48.5 Å². The van der Waals surface area contributed by atoms with E-state index in [-0.39, 0.29) is 5.91 Å². The third-order valence-electron chi connectivity index (χ3n) is 4.85. The normalized spacial score (nSPS) is 12.8. The van der Waals surface area contributed by atoms with Crippen LogP contribution in [0.25, 0.3) is 11.3 Å². The zero-order chi connectivity index (χ0) is 17.8. The fraction of sp³-hybridized carbons (Fsp3) is 0.273. The number of amides is 1. The van der Waals surface area contributed by atoms with Crippen LogP contribution in [0.15, 0.2) is 60.8 Å². The minimum atomic E-state index is 0.0835. The zero-order valence-corrected chi connectivity index (χ0v) is 14.8. The first-order valence-electron chi connectivity index (χ1n) is 9.24. The minimum absolute atomic E-state index is 0.0835. The zero-order valence-electron chi connectivity index (χ0n) is 14.8. The van der Waals surface area contributed by atoms with Crippen LogP contribution in [-0.2, 0) is 30.7 Å². The van der Waals surface area contributed by atoms with E-state index in [0.717, 1.165) is 36.2 Å². The number of benzene rings is 2. The molecule has 1 N–H and O–H groups in total. The van der Waals surface area contributed by atoms with Crippen molar-refractivity contribution in [1.82, 2.24) is 14.9 Å². The van der Waals surface area contributed by atoms with E-state index in [1.807, 2.05) is 30.3 Å². The quantitative estimate of drug-likeness (QED) is 0.740. The summed E-state index contributed by atoms with van der Waals surface area (Å²) in [6, 6.07) is 18.4. The number of carbonyl (C=O) groups excluding carboxylic acids is 1. The molecule has 4 rings (SSSR count). The van der Waals surface area contributed by atoms with Crippen molar-refractivity contribution >= 4 is 5.91 Å². The van der Waals surface area contributed by atoms with E-state index in [1.165, 1.54) is 17.8 Å². The Morgan fingerprint density at radius 1 is 1.08 bits per heavy atom. The molecular weight excluding hydrogens is 322 g/mol. The van der Waals surface area contributed by atoms with Crippen LogP contribution in [0.1, 0.15) is 29.8 Å². The number of fused-ring (bicyclic) bond motifs is 1. The SMILES string of the molecule is O=C(CCc1ccccc1)NCc1cccc(-c2cn3c(n2)CCC3)c1. The van der Waals surface area contributed by atoms with E-state index in [2.05, 4.69) is 40.3 Å². The van der Waals surface area contributed by atoms with Gasteiger partial charge in [0.25, 0.3) is 0 Å². The van der Waals surface area contributed by atoms with E-state index in [0.29, 0.717) is 13.0 Å². The Bertz CT molecular complexity index is 877. The summed E-state index contributed by atoms with van der Waals surface area (Å²) in [5, 5.41) is 3.02. The van der Waals surface area contributed by atoms with Gasteiger partial charge in [-0.2, -0.15) is 0 Å². The van der Waals surface area contributed by atoms with Crippen LogP contribution in [-0.4, -0.2) is 15.5 Å². The molecule has 0 bridgehead atoms. The lowest BCUT2D eigenvalue weighted by Crippen LogP contribution is -2.23. The van der Waals surface area contributed by atoms with Gasteiger partial charge in [0.1, 0.15) is 5.82 Å². The standard InChI is InChI=1S/C22H23N3O/c26-22(12-11-17-6-2-1-3-7-17)23-15-18-8-4-9-19(14-18)20-16-25-13-5-10-21(25)24-20/h1-4,6-9,14,16H,5,10-13,15H2,(H,23,26). The number of hydrogen-bond acceptors (Lipinski definition) is 2. The van der Waals surface area contributed by atoms with Crippen LogP contribution >= 0.6 is 0 Å². The van der Waals surface area contributed by atoms with Gasteiger partial charge in [-0.25, -0.2) is 4.98 Å². The largest absolute Gasteiger partial charge is 0.352 e. The first-order valence-corrected chi connectivity index (χ1v) is 9.24. The molecule has 4 nitrogen and oxygen atoms in total. The second-order valence-electron chi connectivity index (χ2n) is 6.80. The van der Waals surface area contributed by atoms with Gasteiger partial charge in [0.05, 0.1) is 5.69 Å². The van der Waals surface area contributed by atoms with Crippen molar-refractivity contribution in [3.8, 4) is 11.3 Å². The Hall–Kier alpha value is -2.88. The highest BCUT2D eigenvalue weighted by Gasteiger charge is 2.14. The van der Waals surface area contributed by atoms with Crippen molar-refractivity contribution in [2.24, 2.45) is 0 Å². The van der Waals surface area contributed by atoms with Gasteiger partial charge in [-0.15, -0.1) is 0 Å². The molecule has 26 heavy (non-hydrogen) atoms. The maximum atomic E-state index is 12.1. The third-order valence-corrected chi connectivity index (χ3v) is 4.85. The van der Waals surface area contributed by atoms with Crippen LogP contribution in [0, 0.1) is 0 Å². The Morgan fingerprint density at radius 2 is 1.92 bits per heavy atom. The van der Waals surface area contributed by atoms with Crippen LogP contribution in [0.4, 0.5) is 0 Å². The van der Waals surface area contributed by atoms with Crippen LogP contribution in [0.2, 0.25) is 0 Å². The van der Waals surface area contributed by atoms with Crippen molar-refractivity contribution in [3.63, 3.8) is 0 Å². The number of aryl methyl sites for hydroxylation is 3. The van der Waals surface area contributed by atoms with Crippen molar-refractivity contribution in [1.29, 1.82) is 0 Å². The van der Waals surface area contributed by atoms with Crippen LogP contribution in [0.5, 0.6) is 0 Å². The third kappa shape index (κ3) is 3.85. The average molecular weight is 345 g/mol. The van der Waals surface area contributed by atoms with Crippen molar-refractivity contribution < 1.29 is 4.79 Å². The lowest BCUT2D eigenvalue weighted by Gasteiger charge is -2.07. The van der Waals surface area contributed by atoms with Crippen LogP contribution < -0.4 is 5.32 Å². The summed E-state index contributed by atoms with van der Waals surface area (Å²) < 4.78 is 2.24. The van der Waals surface area contributed by atoms with E-state index in [9.17, 15) is 4.79 Å². The predicted molar refractivity (Wildman–Crippen MR) is 103 cm³/mol. The molecule has 0 aliphatic carbocycles. The predicted octanol–water partition coefficient (Wildman–Crippen LogP) is 3.75. The fourth-order valence-corrected chi connectivity index (χ4v) is 3.43. The summed E-state index contributed by atoms with van der Waals surface area (Å²) in [5.41, 5.74) is 4.43. The van der Waals surface area contributed by atoms with Gasteiger partial charge in [0.15, 0.2) is 0 Å². The summed E-state index contributed by atoms with van der Waals surface area (Å²) in [6.45, 7) is 1.62. The summed E-state index contributed by atoms with van der Waals surface area (Å²) >= 11 is 0. The number of carbonyl (C=O) groups is 1. The topological polar surface area (TPSA) is 46.9 Å². The first-order chi connectivity index (χ1) is 12.8. The molecule has 0 saturated heterocycles. The van der Waals surface area contributed by atoms with Gasteiger partial charge in [-0.3, -0.25) is 4.79 Å². The smallest absolute Gasteiger partial charge is 0.220 e. The van der Waals surface area contributed by atoms with Gasteiger partial charge >= 0.3 is 0 Å². The molecule has 0 fully saturated rings. The van der Waals surface area contributed by atoms with Gasteiger partial charge in [0.2, 0.25) is 5.91 Å². The number of rotatable bonds is 6. The lowest BCUT2D eigenvalue weighted by molar-refractivity contribution is -0.121. The molecular formula is C22H23N3O. The highest BCUT2D eigenvalue weighted by atomic mass is 16.1. The lowest BCUT2D eigenvalue weighted by atomic mass is 10.1. The van der Waals surface area contributed by atoms with Gasteiger partial charge in [0, 0.05) is 37.7 Å². The monoisotopic (exact) mass is 345 g/mol. The second kappa shape index (κ2) is 7.56. The summed E-state index contributed by atoms with van der Waals surface area (Å²) in [7, 11) is 0. The maximum Gasteiger partial charge on any atom is 0.220 e. The van der Waals surface area contributed by atoms with Gasteiger partial charge < -0.3 is 9.88 Å². The van der Waals surface area contributed by atoms with E-state index < -0.39 is 0 Å². The average Bonchev–Trinajstić information content (AvgIpc) is 3.28. The molecule has 2 aromatic carbocycles. The highest BCUT2D eigenvalue weighted by molar-refractivity contribution is 5.76. The Morgan fingerprint density at radius 3 is 2.77 bits per heavy atom.